The molecule has 3 rings (SSSR count). The SMILES string of the molecule is COc1c(Cl)cc(OC/C=C(\C)Cl)cc1C1=NOC(C)(CCOc2ncc(C(F)(F)F)cc2Cl)C1. The van der Waals surface area contributed by atoms with E-state index in [0.29, 0.717) is 51.9 Å². The Kier molecular flexibility index (Phi) is 8.67. The Morgan fingerprint density at radius 3 is 2.57 bits per heavy atom. The molecule has 1 atom stereocenters. The number of halogens is 6. The van der Waals surface area contributed by atoms with Crippen LogP contribution in [0.25, 0.3) is 0 Å². The molecular weight excluding hydrogens is 532 g/mol. The standard InChI is InChI=1S/C23H22Cl3F3N2O4/c1-13(24)4-6-33-15-9-16(20(32-3)17(25)10-15)19-11-22(2,35-31-19)5-7-34-21-18(26)8-14(12-30-21)23(27,28)29/h4,8-10,12H,5-7,11H2,1-3H3/b13-4+. The summed E-state index contributed by atoms with van der Waals surface area (Å²) in [6, 6.07) is 4.15. The van der Waals surface area contributed by atoms with Gasteiger partial charge in [-0.2, -0.15) is 13.2 Å². The number of benzene rings is 1. The zero-order valence-corrected chi connectivity index (χ0v) is 21.3. The number of hydrogen-bond acceptors (Lipinski definition) is 6. The van der Waals surface area contributed by atoms with E-state index in [1.54, 1.807) is 25.1 Å². The minimum absolute atomic E-state index is 0.0859. The third-order valence-electron chi connectivity index (χ3n) is 5.07. The molecule has 1 aliphatic heterocycles. The molecule has 12 heteroatoms. The van der Waals surface area contributed by atoms with Crippen molar-refractivity contribution >= 4 is 40.5 Å². The summed E-state index contributed by atoms with van der Waals surface area (Å²) in [5.41, 5.74) is -0.502. The summed E-state index contributed by atoms with van der Waals surface area (Å²) in [6.45, 7) is 3.92. The van der Waals surface area contributed by atoms with Crippen LogP contribution in [0.1, 0.15) is 37.8 Å². The quantitative estimate of drug-likeness (QED) is 0.326. The number of methoxy groups -OCH3 is 1. The van der Waals surface area contributed by atoms with Crippen molar-refractivity contribution < 1.29 is 32.2 Å². The molecule has 0 fully saturated rings. The lowest BCUT2D eigenvalue weighted by Gasteiger charge is -2.21. The molecule has 2 heterocycles. The molecule has 0 saturated carbocycles. The number of ether oxygens (including phenoxy) is 3. The van der Waals surface area contributed by atoms with Crippen molar-refractivity contribution in [2.75, 3.05) is 20.3 Å². The van der Waals surface area contributed by atoms with Crippen LogP contribution in [0.15, 0.2) is 40.7 Å². The van der Waals surface area contributed by atoms with Crippen LogP contribution in [-0.4, -0.2) is 36.6 Å². The predicted octanol–water partition coefficient (Wildman–Crippen LogP) is 7.29. The molecule has 0 bridgehead atoms. The van der Waals surface area contributed by atoms with Crippen molar-refractivity contribution in [2.45, 2.75) is 38.5 Å². The lowest BCUT2D eigenvalue weighted by Crippen LogP contribution is -2.27. The molecule has 1 unspecified atom stereocenters. The number of oxime groups is 1. The first kappa shape index (κ1) is 27.2. The van der Waals surface area contributed by atoms with Gasteiger partial charge in [0.15, 0.2) is 0 Å². The summed E-state index contributed by atoms with van der Waals surface area (Å²) in [6.07, 6.45) is -1.41. The number of aromatic nitrogens is 1. The predicted molar refractivity (Wildman–Crippen MR) is 128 cm³/mol. The number of rotatable bonds is 9. The number of allylic oxidation sites excluding steroid dienone is 1. The second kappa shape index (κ2) is 11.1. The topological polar surface area (TPSA) is 62.2 Å². The van der Waals surface area contributed by atoms with Gasteiger partial charge in [0, 0.05) is 35.7 Å². The molecule has 2 aromatic rings. The highest BCUT2D eigenvalue weighted by molar-refractivity contribution is 6.33. The average molecular weight is 554 g/mol. The molecule has 0 aliphatic carbocycles. The van der Waals surface area contributed by atoms with E-state index in [1.165, 1.54) is 7.11 Å². The van der Waals surface area contributed by atoms with Gasteiger partial charge in [-0.1, -0.05) is 40.0 Å². The van der Waals surface area contributed by atoms with Crippen molar-refractivity contribution in [3.63, 3.8) is 0 Å². The van der Waals surface area contributed by atoms with Gasteiger partial charge in [0.2, 0.25) is 5.88 Å². The lowest BCUT2D eigenvalue weighted by molar-refractivity contribution is -0.137. The van der Waals surface area contributed by atoms with Gasteiger partial charge in [0.05, 0.1) is 30.0 Å². The zero-order chi connectivity index (χ0) is 25.8. The second-order valence-electron chi connectivity index (χ2n) is 7.95. The van der Waals surface area contributed by atoms with Gasteiger partial charge >= 0.3 is 6.18 Å². The van der Waals surface area contributed by atoms with Crippen LogP contribution in [0.3, 0.4) is 0 Å². The van der Waals surface area contributed by atoms with E-state index in [2.05, 4.69) is 10.1 Å². The molecule has 1 aliphatic rings. The Hall–Kier alpha value is -2.36. The normalized spacial score (nSPS) is 18.2. The third-order valence-corrected chi connectivity index (χ3v) is 5.77. The van der Waals surface area contributed by atoms with Crippen molar-refractivity contribution in [1.82, 2.24) is 4.98 Å². The summed E-state index contributed by atoms with van der Waals surface area (Å²) in [5, 5.41) is 4.92. The second-order valence-corrected chi connectivity index (χ2v) is 9.36. The van der Waals surface area contributed by atoms with E-state index in [9.17, 15) is 13.2 Å². The van der Waals surface area contributed by atoms with Gasteiger partial charge in [0.1, 0.15) is 28.7 Å². The molecule has 0 N–H and O–H groups in total. The maximum atomic E-state index is 12.8. The van der Waals surface area contributed by atoms with Crippen LogP contribution in [0.5, 0.6) is 17.4 Å². The number of nitrogens with zero attached hydrogens (tertiary/aromatic N) is 2. The van der Waals surface area contributed by atoms with Crippen LogP contribution in [0.2, 0.25) is 10.0 Å². The van der Waals surface area contributed by atoms with E-state index in [4.69, 9.17) is 53.9 Å². The molecule has 190 valence electrons. The summed E-state index contributed by atoms with van der Waals surface area (Å²) >= 11 is 18.1. The van der Waals surface area contributed by atoms with Crippen LogP contribution in [0, 0.1) is 0 Å². The summed E-state index contributed by atoms with van der Waals surface area (Å²) in [5.74, 6) is 0.830. The summed E-state index contributed by atoms with van der Waals surface area (Å²) < 4.78 is 55.0. The summed E-state index contributed by atoms with van der Waals surface area (Å²) in [7, 11) is 1.50. The highest BCUT2D eigenvalue weighted by atomic mass is 35.5. The first-order valence-electron chi connectivity index (χ1n) is 10.4. The van der Waals surface area contributed by atoms with Crippen molar-refractivity contribution in [2.24, 2.45) is 5.16 Å². The average Bonchev–Trinajstić information content (AvgIpc) is 3.15. The Morgan fingerprint density at radius 1 is 1.20 bits per heavy atom. The number of hydrogen-bond donors (Lipinski definition) is 0. The van der Waals surface area contributed by atoms with E-state index in [1.807, 2.05) is 6.92 Å². The van der Waals surface area contributed by atoms with Gasteiger partial charge in [-0.05, 0) is 32.1 Å². The van der Waals surface area contributed by atoms with Crippen LogP contribution in [-0.2, 0) is 11.0 Å². The fraction of sp³-hybridized carbons (Fsp3) is 0.391. The molecule has 0 amide bonds. The van der Waals surface area contributed by atoms with Gasteiger partial charge < -0.3 is 19.0 Å². The van der Waals surface area contributed by atoms with E-state index in [-0.39, 0.29) is 24.1 Å². The van der Waals surface area contributed by atoms with Crippen LogP contribution < -0.4 is 14.2 Å². The minimum Gasteiger partial charge on any atom is -0.494 e. The molecule has 35 heavy (non-hydrogen) atoms. The van der Waals surface area contributed by atoms with E-state index < -0.39 is 17.3 Å². The van der Waals surface area contributed by atoms with Gasteiger partial charge in [-0.3, -0.25) is 0 Å². The maximum absolute atomic E-state index is 12.8. The largest absolute Gasteiger partial charge is 0.494 e. The molecule has 0 saturated heterocycles. The van der Waals surface area contributed by atoms with Crippen LogP contribution >= 0.6 is 34.8 Å². The smallest absolute Gasteiger partial charge is 0.417 e. The fourth-order valence-corrected chi connectivity index (χ4v) is 3.81. The lowest BCUT2D eigenvalue weighted by atomic mass is 9.93. The fourth-order valence-electron chi connectivity index (χ4n) is 3.24. The molecule has 0 spiro atoms. The monoisotopic (exact) mass is 552 g/mol. The Labute approximate surface area is 215 Å². The van der Waals surface area contributed by atoms with Crippen molar-refractivity contribution in [3.8, 4) is 17.4 Å². The van der Waals surface area contributed by atoms with E-state index >= 15 is 0 Å². The third kappa shape index (κ3) is 7.08. The Bertz CT molecular complexity index is 1140. The first-order valence-corrected chi connectivity index (χ1v) is 11.5. The van der Waals surface area contributed by atoms with E-state index in [0.717, 1.165) is 6.07 Å². The number of alkyl halides is 3. The first-order chi connectivity index (χ1) is 16.4. The van der Waals surface area contributed by atoms with Crippen LogP contribution in [0.4, 0.5) is 13.2 Å². The maximum Gasteiger partial charge on any atom is 0.417 e. The molecular formula is C23H22Cl3F3N2O4. The molecule has 0 radical (unpaired) electrons. The molecule has 6 nitrogen and oxygen atoms in total. The highest BCUT2D eigenvalue weighted by Gasteiger charge is 2.37. The Morgan fingerprint density at radius 2 is 1.94 bits per heavy atom. The molecule has 1 aromatic carbocycles. The van der Waals surface area contributed by atoms with Gasteiger partial charge in [-0.15, -0.1) is 0 Å². The van der Waals surface area contributed by atoms with Crippen molar-refractivity contribution in [3.05, 3.63) is 56.7 Å². The minimum atomic E-state index is -4.54. The van der Waals surface area contributed by atoms with Crippen molar-refractivity contribution in [1.29, 1.82) is 0 Å². The Balaban J connectivity index is 1.66. The van der Waals surface area contributed by atoms with Gasteiger partial charge in [-0.25, -0.2) is 4.98 Å². The van der Waals surface area contributed by atoms with Gasteiger partial charge in [0.25, 0.3) is 0 Å². The number of pyridine rings is 1. The zero-order valence-electron chi connectivity index (χ0n) is 19.0. The summed E-state index contributed by atoms with van der Waals surface area (Å²) in [4.78, 5) is 9.34. The highest BCUT2D eigenvalue weighted by Crippen LogP contribution is 2.39. The molecule has 1 aromatic heterocycles.